The summed E-state index contributed by atoms with van der Waals surface area (Å²) in [5, 5.41) is 30.7. The molecule has 1 fully saturated rings. The molecule has 0 bridgehead atoms. The summed E-state index contributed by atoms with van der Waals surface area (Å²) in [6.07, 6.45) is 0. The molecule has 1 aliphatic rings. The first-order chi connectivity index (χ1) is 15.4. The number of methoxy groups -OCH3 is 1. The van der Waals surface area contributed by atoms with Crippen LogP contribution in [0.5, 0.6) is 5.75 Å². The van der Waals surface area contributed by atoms with E-state index in [9.17, 15) is 24.8 Å². The second kappa shape index (κ2) is 10.0. The topological polar surface area (TPSA) is 139 Å². The number of amides is 1. The number of rotatable bonds is 9. The van der Waals surface area contributed by atoms with Gasteiger partial charge in [0.1, 0.15) is 11.5 Å². The maximum Gasteiger partial charge on any atom is 0.295 e. The molecule has 32 heavy (non-hydrogen) atoms. The summed E-state index contributed by atoms with van der Waals surface area (Å²) < 4.78 is 10.5. The molecule has 0 aliphatic carbocycles. The largest absolute Gasteiger partial charge is 0.507 e. The number of nitrogens with zero attached hydrogens (tertiary/aromatic N) is 2. The first-order valence-corrected chi connectivity index (χ1v) is 9.74. The van der Waals surface area contributed by atoms with Crippen LogP contribution in [0.2, 0.25) is 0 Å². The molecule has 0 saturated carbocycles. The van der Waals surface area contributed by atoms with Crippen molar-refractivity contribution in [1.29, 1.82) is 0 Å². The summed E-state index contributed by atoms with van der Waals surface area (Å²) in [5.41, 5.74) is 0.388. The summed E-state index contributed by atoms with van der Waals surface area (Å²) in [4.78, 5) is 37.3. The highest BCUT2D eigenvalue weighted by atomic mass is 16.6. The lowest BCUT2D eigenvalue weighted by atomic mass is 9.95. The van der Waals surface area contributed by atoms with Crippen molar-refractivity contribution >= 4 is 23.1 Å². The van der Waals surface area contributed by atoms with Gasteiger partial charge in [0.2, 0.25) is 0 Å². The Morgan fingerprint density at radius 3 is 2.50 bits per heavy atom. The van der Waals surface area contributed by atoms with Gasteiger partial charge in [-0.1, -0.05) is 12.1 Å². The maximum atomic E-state index is 12.9. The molecule has 1 atom stereocenters. The molecule has 1 aliphatic heterocycles. The first-order valence-electron chi connectivity index (χ1n) is 9.74. The van der Waals surface area contributed by atoms with Crippen molar-refractivity contribution in [1.82, 2.24) is 4.90 Å². The fourth-order valence-corrected chi connectivity index (χ4v) is 3.49. The normalized spacial score (nSPS) is 17.6. The molecule has 10 heteroatoms. The molecule has 168 valence electrons. The molecule has 10 nitrogen and oxygen atoms in total. The van der Waals surface area contributed by atoms with Crippen molar-refractivity contribution in [2.75, 3.05) is 33.5 Å². The fourth-order valence-electron chi connectivity index (χ4n) is 3.49. The predicted molar refractivity (Wildman–Crippen MR) is 113 cm³/mol. The van der Waals surface area contributed by atoms with Crippen molar-refractivity contribution in [3.63, 3.8) is 0 Å². The number of aliphatic hydroxyl groups is 2. The minimum atomic E-state index is -0.919. The molecular formula is C22H22N2O8. The quantitative estimate of drug-likeness (QED) is 0.150. The lowest BCUT2D eigenvalue weighted by Gasteiger charge is -2.25. The number of ether oxygens (including phenoxy) is 2. The number of hydrogen-bond acceptors (Lipinski definition) is 8. The molecule has 1 unspecified atom stereocenters. The van der Waals surface area contributed by atoms with E-state index in [1.54, 1.807) is 24.3 Å². The predicted octanol–water partition coefficient (Wildman–Crippen LogP) is 2.03. The highest BCUT2D eigenvalue weighted by Crippen LogP contribution is 2.40. The van der Waals surface area contributed by atoms with Crippen LogP contribution in [-0.2, 0) is 14.3 Å². The Kier molecular flexibility index (Phi) is 7.18. The average molecular weight is 442 g/mol. The lowest BCUT2D eigenvalue weighted by Crippen LogP contribution is -2.33. The molecular weight excluding hydrogens is 420 g/mol. The number of Topliss-reactive ketones (excluding diaryl/α,β-unsaturated/α-hetero) is 1. The zero-order valence-corrected chi connectivity index (χ0v) is 17.3. The number of non-ortho nitro benzene ring substituents is 1. The smallest absolute Gasteiger partial charge is 0.295 e. The monoisotopic (exact) mass is 442 g/mol. The highest BCUT2D eigenvalue weighted by molar-refractivity contribution is 6.46. The Bertz CT molecular complexity index is 1050. The van der Waals surface area contributed by atoms with Crippen molar-refractivity contribution in [2.24, 2.45) is 0 Å². The second-order valence-electron chi connectivity index (χ2n) is 6.91. The van der Waals surface area contributed by atoms with Gasteiger partial charge in [-0.15, -0.1) is 0 Å². The standard InChI is InChI=1S/C22H22N2O8/c1-31-17-4-2-3-15(13-17)19-18(20(26)14-5-7-16(8-6-14)24(29)30)21(27)22(28)23(19)9-11-32-12-10-25/h2-8,13,19,25-26H,9-12H2,1H3. The number of carbonyl (C=O) groups is 2. The minimum absolute atomic E-state index is 0.0451. The van der Waals surface area contributed by atoms with Gasteiger partial charge in [-0.05, 0) is 29.8 Å². The zero-order valence-electron chi connectivity index (χ0n) is 17.3. The summed E-state index contributed by atoms with van der Waals surface area (Å²) in [6, 6.07) is 10.9. The summed E-state index contributed by atoms with van der Waals surface area (Å²) in [5.74, 6) is -1.63. The molecule has 1 amide bonds. The number of nitro groups is 1. The Morgan fingerprint density at radius 2 is 1.88 bits per heavy atom. The average Bonchev–Trinajstić information content (AvgIpc) is 3.06. The number of likely N-dealkylation sites (tertiary alicyclic amines) is 1. The number of ketones is 1. The molecule has 1 heterocycles. The van der Waals surface area contributed by atoms with Crippen LogP contribution in [-0.4, -0.2) is 65.2 Å². The molecule has 0 aromatic heterocycles. The van der Waals surface area contributed by atoms with E-state index in [0.717, 1.165) is 0 Å². The van der Waals surface area contributed by atoms with E-state index < -0.39 is 28.4 Å². The third-order valence-electron chi connectivity index (χ3n) is 5.01. The van der Waals surface area contributed by atoms with Crippen molar-refractivity contribution in [2.45, 2.75) is 6.04 Å². The van der Waals surface area contributed by atoms with Gasteiger partial charge in [0.25, 0.3) is 17.4 Å². The van der Waals surface area contributed by atoms with Crippen LogP contribution in [0.3, 0.4) is 0 Å². The maximum absolute atomic E-state index is 12.9. The van der Waals surface area contributed by atoms with Gasteiger partial charge >= 0.3 is 0 Å². The number of hydrogen-bond donors (Lipinski definition) is 2. The van der Waals surface area contributed by atoms with Crippen LogP contribution in [0.15, 0.2) is 54.1 Å². The van der Waals surface area contributed by atoms with Crippen molar-refractivity contribution < 1.29 is 34.2 Å². The summed E-state index contributed by atoms with van der Waals surface area (Å²) in [6.45, 7) is 0.0178. The third-order valence-corrected chi connectivity index (χ3v) is 5.01. The van der Waals surface area contributed by atoms with E-state index >= 15 is 0 Å². The molecule has 1 saturated heterocycles. The molecule has 2 aromatic rings. The van der Waals surface area contributed by atoms with Gasteiger partial charge < -0.3 is 24.6 Å². The van der Waals surface area contributed by atoms with Crippen LogP contribution in [0.1, 0.15) is 17.2 Å². The minimum Gasteiger partial charge on any atom is -0.507 e. The second-order valence-corrected chi connectivity index (χ2v) is 6.91. The van der Waals surface area contributed by atoms with Gasteiger partial charge in [0, 0.05) is 24.2 Å². The van der Waals surface area contributed by atoms with Crippen molar-refractivity contribution in [3.8, 4) is 5.75 Å². The van der Waals surface area contributed by atoms with Crippen LogP contribution >= 0.6 is 0 Å². The van der Waals surface area contributed by atoms with Gasteiger partial charge in [-0.25, -0.2) is 0 Å². The van der Waals surface area contributed by atoms with Crippen LogP contribution < -0.4 is 4.74 Å². The first kappa shape index (κ1) is 22.9. The highest BCUT2D eigenvalue weighted by Gasteiger charge is 2.46. The van der Waals surface area contributed by atoms with E-state index in [1.807, 2.05) is 0 Å². The van der Waals surface area contributed by atoms with Crippen molar-refractivity contribution in [3.05, 3.63) is 75.3 Å². The van der Waals surface area contributed by atoms with Gasteiger partial charge in [0.05, 0.1) is 43.5 Å². The Labute approximate surface area is 183 Å². The van der Waals surface area contributed by atoms with Crippen LogP contribution in [0.4, 0.5) is 5.69 Å². The van der Waals surface area contributed by atoms with Gasteiger partial charge in [-0.3, -0.25) is 19.7 Å². The van der Waals surface area contributed by atoms with E-state index in [-0.39, 0.29) is 43.2 Å². The van der Waals surface area contributed by atoms with E-state index in [2.05, 4.69) is 0 Å². The summed E-state index contributed by atoms with van der Waals surface area (Å²) in [7, 11) is 1.48. The Morgan fingerprint density at radius 1 is 1.16 bits per heavy atom. The lowest BCUT2D eigenvalue weighted by molar-refractivity contribution is -0.384. The third kappa shape index (κ3) is 4.61. The number of aliphatic hydroxyl groups excluding tert-OH is 2. The molecule has 0 spiro atoms. The van der Waals surface area contributed by atoms with E-state index in [0.29, 0.717) is 11.3 Å². The van der Waals surface area contributed by atoms with E-state index in [1.165, 1.54) is 36.3 Å². The van der Waals surface area contributed by atoms with Gasteiger partial charge in [0.15, 0.2) is 0 Å². The molecule has 2 N–H and O–H groups in total. The zero-order chi connectivity index (χ0) is 23.3. The molecule has 3 rings (SSSR count). The number of carbonyl (C=O) groups excluding carboxylic acids is 2. The Balaban J connectivity index is 2.08. The van der Waals surface area contributed by atoms with Gasteiger partial charge in [-0.2, -0.15) is 0 Å². The molecule has 0 radical (unpaired) electrons. The SMILES string of the molecule is COc1cccc(C2C(=C(O)c3ccc([N+](=O)[O-])cc3)C(=O)C(=O)N2CCOCCO)c1. The Hall–Kier alpha value is -3.76. The fraction of sp³-hybridized carbons (Fsp3) is 0.273. The summed E-state index contributed by atoms with van der Waals surface area (Å²) >= 11 is 0. The number of benzene rings is 2. The molecule has 2 aromatic carbocycles. The number of nitro benzene ring substituents is 1. The van der Waals surface area contributed by atoms with E-state index in [4.69, 9.17) is 14.6 Å². The van der Waals surface area contributed by atoms with Crippen LogP contribution in [0.25, 0.3) is 5.76 Å². The van der Waals surface area contributed by atoms with Crippen LogP contribution in [0, 0.1) is 10.1 Å².